The van der Waals surface area contributed by atoms with Crippen molar-refractivity contribution in [2.45, 2.75) is 33.2 Å². The van der Waals surface area contributed by atoms with Gasteiger partial charge in [0, 0.05) is 45.2 Å². The van der Waals surface area contributed by atoms with E-state index in [9.17, 15) is 9.90 Å². The average Bonchev–Trinajstić information content (AvgIpc) is 2.61. The molecule has 1 fully saturated rings. The number of aromatic hydroxyl groups is 1. The maximum Gasteiger partial charge on any atom is 0.222 e. The van der Waals surface area contributed by atoms with Gasteiger partial charge in [-0.25, -0.2) is 0 Å². The lowest BCUT2D eigenvalue weighted by Crippen LogP contribution is -2.52. The monoisotopic (exact) mass is 489 g/mol. The van der Waals surface area contributed by atoms with Crippen LogP contribution in [0, 0.1) is 0 Å². The van der Waals surface area contributed by atoms with Crippen LogP contribution in [0.5, 0.6) is 5.75 Å². The van der Waals surface area contributed by atoms with Gasteiger partial charge in [-0.3, -0.25) is 9.79 Å². The molecule has 3 N–H and O–H groups in total. The third kappa shape index (κ3) is 7.43. The highest BCUT2D eigenvalue weighted by Gasteiger charge is 2.21. The number of para-hydroxylation sites is 2. The molecule has 1 aromatic carbocycles. The van der Waals surface area contributed by atoms with Crippen LogP contribution in [0.1, 0.15) is 27.2 Å². The number of nitrogens with one attached hydrogen (secondary N) is 2. The highest BCUT2D eigenvalue weighted by atomic mass is 127. The lowest BCUT2D eigenvalue weighted by Gasteiger charge is -2.37. The molecule has 27 heavy (non-hydrogen) atoms. The molecule has 1 amide bonds. The summed E-state index contributed by atoms with van der Waals surface area (Å²) < 4.78 is 0. The Kier molecular flexibility index (Phi) is 10.3. The van der Waals surface area contributed by atoms with Gasteiger partial charge in [-0.1, -0.05) is 12.1 Å². The molecule has 152 valence electrons. The molecule has 7 nitrogen and oxygen atoms in total. The Bertz CT molecular complexity index is 616. The number of nitrogens with zero attached hydrogens (tertiary/aromatic N) is 3. The van der Waals surface area contributed by atoms with E-state index in [1.54, 1.807) is 6.07 Å². The van der Waals surface area contributed by atoms with E-state index in [2.05, 4.69) is 25.4 Å². The average molecular weight is 489 g/mol. The molecule has 1 aromatic rings. The first kappa shape index (κ1) is 23.3. The summed E-state index contributed by atoms with van der Waals surface area (Å²) in [6.07, 6.45) is 0.394. The number of amides is 1. The largest absolute Gasteiger partial charge is 0.506 e. The van der Waals surface area contributed by atoms with Gasteiger partial charge in [0.1, 0.15) is 5.75 Å². The Balaban J connectivity index is 0.00000364. The van der Waals surface area contributed by atoms with Crippen molar-refractivity contribution in [3.05, 3.63) is 24.3 Å². The van der Waals surface area contributed by atoms with Crippen LogP contribution in [0.15, 0.2) is 29.3 Å². The van der Waals surface area contributed by atoms with Crippen molar-refractivity contribution in [3.63, 3.8) is 0 Å². The minimum atomic E-state index is 0. The minimum absolute atomic E-state index is 0. The van der Waals surface area contributed by atoms with Gasteiger partial charge in [-0.2, -0.15) is 0 Å². The summed E-state index contributed by atoms with van der Waals surface area (Å²) in [5.74, 6) is 1.20. The van der Waals surface area contributed by atoms with Gasteiger partial charge in [0.2, 0.25) is 5.91 Å². The van der Waals surface area contributed by atoms with Gasteiger partial charge < -0.3 is 25.5 Å². The molecule has 0 radical (unpaired) electrons. The number of piperazine rings is 1. The number of carbonyl (C=O) groups excluding carboxylic acids is 1. The number of guanidine groups is 1. The zero-order chi connectivity index (χ0) is 18.9. The Morgan fingerprint density at radius 2 is 1.89 bits per heavy atom. The third-order valence-corrected chi connectivity index (χ3v) is 4.19. The van der Waals surface area contributed by atoms with Crippen LogP contribution in [0.2, 0.25) is 0 Å². The van der Waals surface area contributed by atoms with Crippen molar-refractivity contribution in [2.24, 2.45) is 4.99 Å². The van der Waals surface area contributed by atoms with E-state index >= 15 is 0 Å². The summed E-state index contributed by atoms with van der Waals surface area (Å²) in [7, 11) is 0. The molecule has 2 rings (SSSR count). The Labute approximate surface area is 179 Å². The highest BCUT2D eigenvalue weighted by Crippen LogP contribution is 2.27. The smallest absolute Gasteiger partial charge is 0.222 e. The number of phenolic OH excluding ortho intramolecular Hbond substituents is 1. The van der Waals surface area contributed by atoms with Gasteiger partial charge >= 0.3 is 0 Å². The fraction of sp³-hybridized carbons (Fsp3) is 0.579. The first-order chi connectivity index (χ1) is 12.5. The first-order valence-corrected chi connectivity index (χ1v) is 9.36. The van der Waals surface area contributed by atoms with E-state index in [0.29, 0.717) is 18.7 Å². The van der Waals surface area contributed by atoms with Crippen LogP contribution >= 0.6 is 24.0 Å². The third-order valence-electron chi connectivity index (χ3n) is 4.19. The fourth-order valence-electron chi connectivity index (χ4n) is 2.97. The molecule has 1 saturated heterocycles. The van der Waals surface area contributed by atoms with Crippen LogP contribution < -0.4 is 15.5 Å². The van der Waals surface area contributed by atoms with Crippen molar-refractivity contribution >= 4 is 41.5 Å². The number of hydrogen-bond donors (Lipinski definition) is 3. The van der Waals surface area contributed by atoms with Crippen LogP contribution in [0.4, 0.5) is 5.69 Å². The van der Waals surface area contributed by atoms with Gasteiger partial charge in [-0.05, 0) is 32.9 Å². The maximum atomic E-state index is 11.8. The Hall–Kier alpha value is -1.71. The first-order valence-electron chi connectivity index (χ1n) is 9.36. The second-order valence-electron chi connectivity index (χ2n) is 6.67. The number of anilines is 1. The number of carbonyl (C=O) groups is 1. The van der Waals surface area contributed by atoms with Crippen LogP contribution in [0.3, 0.4) is 0 Å². The molecule has 8 heteroatoms. The zero-order valence-corrected chi connectivity index (χ0v) is 18.8. The summed E-state index contributed by atoms with van der Waals surface area (Å²) in [5, 5.41) is 16.2. The molecule has 0 spiro atoms. The van der Waals surface area contributed by atoms with E-state index in [-0.39, 0.29) is 35.9 Å². The number of rotatable bonds is 6. The molecule has 1 aliphatic rings. The number of benzene rings is 1. The van der Waals surface area contributed by atoms with E-state index in [4.69, 9.17) is 0 Å². The van der Waals surface area contributed by atoms with Gasteiger partial charge in [0.25, 0.3) is 0 Å². The SMILES string of the molecule is CCNC(=NCCC(=O)NC(C)C)N1CCN(c2ccccc2O)CC1.I. The van der Waals surface area contributed by atoms with Crippen LogP contribution in [0.25, 0.3) is 0 Å². The van der Waals surface area contributed by atoms with Gasteiger partial charge in [0.05, 0.1) is 12.2 Å². The Morgan fingerprint density at radius 3 is 2.48 bits per heavy atom. The lowest BCUT2D eigenvalue weighted by molar-refractivity contribution is -0.121. The van der Waals surface area contributed by atoms with E-state index in [0.717, 1.165) is 44.4 Å². The molecule has 1 aliphatic heterocycles. The Morgan fingerprint density at radius 1 is 1.22 bits per heavy atom. The van der Waals surface area contributed by atoms with Crippen molar-refractivity contribution in [3.8, 4) is 5.75 Å². The normalized spacial score (nSPS) is 14.7. The number of hydrogen-bond acceptors (Lipinski definition) is 4. The topological polar surface area (TPSA) is 80.2 Å². The molecular formula is C19H32IN5O2. The van der Waals surface area contributed by atoms with Crippen LogP contribution in [-0.4, -0.2) is 67.2 Å². The molecule has 0 saturated carbocycles. The predicted octanol–water partition coefficient (Wildman–Crippen LogP) is 2.01. The summed E-state index contributed by atoms with van der Waals surface area (Å²) in [6.45, 7) is 10.5. The van der Waals surface area contributed by atoms with E-state index in [1.807, 2.05) is 39.0 Å². The lowest BCUT2D eigenvalue weighted by atomic mass is 10.2. The molecule has 0 atom stereocenters. The number of halogens is 1. The zero-order valence-electron chi connectivity index (χ0n) is 16.4. The predicted molar refractivity (Wildman–Crippen MR) is 121 cm³/mol. The van der Waals surface area contributed by atoms with E-state index in [1.165, 1.54) is 0 Å². The van der Waals surface area contributed by atoms with Gasteiger partial charge in [-0.15, -0.1) is 24.0 Å². The van der Waals surface area contributed by atoms with Crippen LogP contribution in [-0.2, 0) is 4.79 Å². The number of phenols is 1. The molecule has 0 bridgehead atoms. The molecule has 1 heterocycles. The fourth-order valence-corrected chi connectivity index (χ4v) is 2.97. The molecule has 0 aromatic heterocycles. The molecule has 0 unspecified atom stereocenters. The summed E-state index contributed by atoms with van der Waals surface area (Å²) >= 11 is 0. The van der Waals surface area contributed by atoms with Crippen molar-refractivity contribution in [2.75, 3.05) is 44.2 Å². The van der Waals surface area contributed by atoms with Crippen molar-refractivity contribution in [1.82, 2.24) is 15.5 Å². The second-order valence-corrected chi connectivity index (χ2v) is 6.67. The van der Waals surface area contributed by atoms with Crippen molar-refractivity contribution in [1.29, 1.82) is 0 Å². The maximum absolute atomic E-state index is 11.8. The van der Waals surface area contributed by atoms with E-state index < -0.39 is 0 Å². The number of aliphatic imine (C=N–C) groups is 1. The molecular weight excluding hydrogens is 457 g/mol. The summed E-state index contributed by atoms with van der Waals surface area (Å²) in [4.78, 5) is 20.8. The highest BCUT2D eigenvalue weighted by molar-refractivity contribution is 14.0. The summed E-state index contributed by atoms with van der Waals surface area (Å²) in [5.41, 5.74) is 0.874. The minimum Gasteiger partial charge on any atom is -0.506 e. The molecule has 0 aliphatic carbocycles. The van der Waals surface area contributed by atoms with Gasteiger partial charge in [0.15, 0.2) is 5.96 Å². The standard InChI is InChI=1S/C19H31N5O2.HI/c1-4-20-19(21-10-9-18(26)22-15(2)3)24-13-11-23(12-14-24)16-7-5-6-8-17(16)25;/h5-8,15,25H,4,9-14H2,1-3H3,(H,20,21)(H,22,26);1H. The summed E-state index contributed by atoms with van der Waals surface area (Å²) in [6, 6.07) is 7.59. The second kappa shape index (κ2) is 11.9. The quantitative estimate of drug-likeness (QED) is 0.324. The van der Waals surface area contributed by atoms with Crippen molar-refractivity contribution < 1.29 is 9.90 Å².